The molecule has 1 amide bonds. The summed E-state index contributed by atoms with van der Waals surface area (Å²) in [7, 11) is 0. The highest BCUT2D eigenvalue weighted by atomic mass is 32.1. The van der Waals surface area contributed by atoms with Crippen LogP contribution in [-0.4, -0.2) is 34.9 Å². The van der Waals surface area contributed by atoms with Gasteiger partial charge < -0.3 is 9.64 Å². The van der Waals surface area contributed by atoms with Crippen molar-refractivity contribution in [2.24, 2.45) is 5.92 Å². The molecule has 0 aromatic rings. The summed E-state index contributed by atoms with van der Waals surface area (Å²) in [5.41, 5.74) is -0.412. The van der Waals surface area contributed by atoms with Gasteiger partial charge in [-0.05, 0) is 33.1 Å². The summed E-state index contributed by atoms with van der Waals surface area (Å²) in [6, 6.07) is 0. The van der Waals surface area contributed by atoms with E-state index in [2.05, 4.69) is 19.6 Å². The molecule has 2 atom stereocenters. The van der Waals surface area contributed by atoms with Gasteiger partial charge in [0.1, 0.15) is 5.60 Å². The Bertz CT molecular complexity index is 250. The lowest BCUT2D eigenvalue weighted by molar-refractivity contribution is 0.0190. The van der Waals surface area contributed by atoms with Gasteiger partial charge >= 0.3 is 6.09 Å². The van der Waals surface area contributed by atoms with Gasteiger partial charge in [-0.2, -0.15) is 12.6 Å². The second-order valence-electron chi connectivity index (χ2n) is 5.45. The molecule has 4 heteroatoms. The molecule has 0 N–H and O–H groups in total. The Kier molecular flexibility index (Phi) is 4.53. The van der Waals surface area contributed by atoms with Crippen molar-refractivity contribution < 1.29 is 9.53 Å². The van der Waals surface area contributed by atoms with Crippen LogP contribution in [-0.2, 0) is 4.74 Å². The van der Waals surface area contributed by atoms with Crippen LogP contribution in [0.4, 0.5) is 4.79 Å². The van der Waals surface area contributed by atoms with Crippen molar-refractivity contribution in [2.75, 3.05) is 13.1 Å². The Hall–Kier alpha value is -0.380. The molecule has 94 valence electrons. The van der Waals surface area contributed by atoms with Gasteiger partial charge in [0.05, 0.1) is 0 Å². The first-order chi connectivity index (χ1) is 7.33. The van der Waals surface area contributed by atoms with Crippen LogP contribution in [0.15, 0.2) is 0 Å². The first kappa shape index (κ1) is 13.7. The zero-order valence-electron chi connectivity index (χ0n) is 10.7. The molecule has 1 unspecified atom stereocenters. The molecule has 1 saturated heterocycles. The molecule has 1 aliphatic rings. The third-order valence-electron chi connectivity index (χ3n) is 2.90. The maximum absolute atomic E-state index is 11.8. The lowest BCUT2D eigenvalue weighted by Gasteiger charge is -2.36. The average Bonchev–Trinajstić information content (AvgIpc) is 2.15. The van der Waals surface area contributed by atoms with E-state index in [-0.39, 0.29) is 11.3 Å². The molecule has 1 rings (SSSR count). The molecule has 0 aromatic heterocycles. The molecular weight excluding hydrogens is 222 g/mol. The summed E-state index contributed by atoms with van der Waals surface area (Å²) in [5.74, 6) is 0.627. The number of likely N-dealkylation sites (tertiary alicyclic amines) is 1. The maximum atomic E-state index is 11.8. The van der Waals surface area contributed by atoms with E-state index in [1.165, 1.54) is 0 Å². The third kappa shape index (κ3) is 3.89. The van der Waals surface area contributed by atoms with Crippen LogP contribution in [0.2, 0.25) is 0 Å². The molecule has 0 aromatic carbocycles. The SMILES string of the molecule is CC[C@H]1CCN(C(=O)OC(C)(C)C)CC1S. The van der Waals surface area contributed by atoms with Crippen LogP contribution < -0.4 is 0 Å². The second-order valence-corrected chi connectivity index (χ2v) is 6.11. The smallest absolute Gasteiger partial charge is 0.410 e. The van der Waals surface area contributed by atoms with Crippen molar-refractivity contribution in [3.8, 4) is 0 Å². The van der Waals surface area contributed by atoms with Crippen LogP contribution in [0.25, 0.3) is 0 Å². The van der Waals surface area contributed by atoms with E-state index >= 15 is 0 Å². The van der Waals surface area contributed by atoms with Crippen LogP contribution in [0.5, 0.6) is 0 Å². The highest BCUT2D eigenvalue weighted by Crippen LogP contribution is 2.25. The number of hydrogen-bond donors (Lipinski definition) is 1. The van der Waals surface area contributed by atoms with Crippen molar-refractivity contribution in [2.45, 2.75) is 51.4 Å². The molecule has 1 aliphatic heterocycles. The van der Waals surface area contributed by atoms with E-state index in [0.29, 0.717) is 12.5 Å². The van der Waals surface area contributed by atoms with Crippen molar-refractivity contribution in [1.82, 2.24) is 4.90 Å². The van der Waals surface area contributed by atoms with E-state index in [4.69, 9.17) is 4.74 Å². The van der Waals surface area contributed by atoms with E-state index < -0.39 is 5.60 Å². The van der Waals surface area contributed by atoms with Crippen LogP contribution >= 0.6 is 12.6 Å². The van der Waals surface area contributed by atoms with Gasteiger partial charge in [-0.1, -0.05) is 13.3 Å². The van der Waals surface area contributed by atoms with Gasteiger partial charge in [0.15, 0.2) is 0 Å². The largest absolute Gasteiger partial charge is 0.444 e. The van der Waals surface area contributed by atoms with E-state index in [0.717, 1.165) is 19.4 Å². The zero-order valence-corrected chi connectivity index (χ0v) is 11.6. The number of piperidine rings is 1. The third-order valence-corrected chi connectivity index (χ3v) is 3.48. The quantitative estimate of drug-likeness (QED) is 0.720. The fourth-order valence-corrected chi connectivity index (χ4v) is 2.51. The van der Waals surface area contributed by atoms with Gasteiger partial charge in [-0.25, -0.2) is 4.79 Å². The summed E-state index contributed by atoms with van der Waals surface area (Å²) >= 11 is 4.55. The zero-order chi connectivity index (χ0) is 12.3. The highest BCUT2D eigenvalue weighted by molar-refractivity contribution is 7.81. The molecule has 1 fully saturated rings. The Morgan fingerprint density at radius 2 is 2.12 bits per heavy atom. The molecule has 16 heavy (non-hydrogen) atoms. The molecule has 0 saturated carbocycles. The Balaban J connectivity index is 2.48. The topological polar surface area (TPSA) is 29.5 Å². The van der Waals surface area contributed by atoms with Crippen molar-refractivity contribution in [3.05, 3.63) is 0 Å². The Morgan fingerprint density at radius 3 is 2.56 bits per heavy atom. The van der Waals surface area contributed by atoms with E-state index in [1.807, 2.05) is 20.8 Å². The fraction of sp³-hybridized carbons (Fsp3) is 0.917. The minimum absolute atomic E-state index is 0.207. The predicted octanol–water partition coefficient (Wildman–Crippen LogP) is 2.95. The summed E-state index contributed by atoms with van der Waals surface area (Å²) in [5, 5.41) is 0.284. The van der Waals surface area contributed by atoms with Crippen LogP contribution in [0, 0.1) is 5.92 Å². The lowest BCUT2D eigenvalue weighted by atomic mass is 9.94. The monoisotopic (exact) mass is 245 g/mol. The number of amides is 1. The summed E-state index contributed by atoms with van der Waals surface area (Å²) in [4.78, 5) is 13.6. The molecular formula is C12H23NO2S. The van der Waals surface area contributed by atoms with Gasteiger partial charge in [0, 0.05) is 18.3 Å². The second kappa shape index (κ2) is 5.30. The standard InChI is InChI=1S/C12H23NO2S/c1-5-9-6-7-13(8-10(9)16)11(14)15-12(2,3)4/h9-10,16H,5-8H2,1-4H3/t9-,10?/m0/s1. The van der Waals surface area contributed by atoms with Gasteiger partial charge in [-0.15, -0.1) is 0 Å². The van der Waals surface area contributed by atoms with Gasteiger partial charge in [0.25, 0.3) is 0 Å². The normalized spacial score (nSPS) is 26.7. The van der Waals surface area contributed by atoms with E-state index in [9.17, 15) is 4.79 Å². The first-order valence-electron chi connectivity index (χ1n) is 5.99. The average molecular weight is 245 g/mol. The van der Waals surface area contributed by atoms with Crippen molar-refractivity contribution >= 4 is 18.7 Å². The molecule has 1 heterocycles. The van der Waals surface area contributed by atoms with Crippen LogP contribution in [0.1, 0.15) is 40.5 Å². The Labute approximate surface area is 104 Å². The molecule has 0 spiro atoms. The Morgan fingerprint density at radius 1 is 1.50 bits per heavy atom. The number of carbonyl (C=O) groups excluding carboxylic acids is 1. The number of hydrogen-bond acceptors (Lipinski definition) is 3. The maximum Gasteiger partial charge on any atom is 0.410 e. The van der Waals surface area contributed by atoms with Gasteiger partial charge in [-0.3, -0.25) is 0 Å². The van der Waals surface area contributed by atoms with Gasteiger partial charge in [0.2, 0.25) is 0 Å². The number of carbonyl (C=O) groups is 1. The first-order valence-corrected chi connectivity index (χ1v) is 6.51. The fourth-order valence-electron chi connectivity index (χ4n) is 1.95. The number of nitrogens with zero attached hydrogens (tertiary/aromatic N) is 1. The summed E-state index contributed by atoms with van der Waals surface area (Å²) in [6.45, 7) is 9.35. The number of rotatable bonds is 1. The van der Waals surface area contributed by atoms with E-state index in [1.54, 1.807) is 4.90 Å². The minimum Gasteiger partial charge on any atom is -0.444 e. The van der Waals surface area contributed by atoms with Crippen LogP contribution in [0.3, 0.4) is 0 Å². The van der Waals surface area contributed by atoms with Crippen molar-refractivity contribution in [1.29, 1.82) is 0 Å². The molecule has 3 nitrogen and oxygen atoms in total. The molecule has 0 radical (unpaired) electrons. The predicted molar refractivity (Wildman–Crippen MR) is 69.0 cm³/mol. The summed E-state index contributed by atoms with van der Waals surface area (Å²) < 4.78 is 5.35. The minimum atomic E-state index is -0.412. The highest BCUT2D eigenvalue weighted by Gasteiger charge is 2.30. The summed E-state index contributed by atoms with van der Waals surface area (Å²) in [6.07, 6.45) is 1.96. The lowest BCUT2D eigenvalue weighted by Crippen LogP contribution is -2.46. The molecule has 0 bridgehead atoms. The number of ether oxygens (including phenoxy) is 1. The number of thiol groups is 1. The molecule has 0 aliphatic carbocycles. The van der Waals surface area contributed by atoms with Crippen molar-refractivity contribution in [3.63, 3.8) is 0 Å².